The van der Waals surface area contributed by atoms with Gasteiger partial charge < -0.3 is 5.32 Å². The number of hydrogen-bond acceptors (Lipinski definition) is 2. The Bertz CT molecular complexity index is 205. The minimum Gasteiger partial charge on any atom is -0.314 e. The molecule has 0 bridgehead atoms. The lowest BCUT2D eigenvalue weighted by Gasteiger charge is -2.42. The summed E-state index contributed by atoms with van der Waals surface area (Å²) in [5, 5.41) is 3.45. The van der Waals surface area contributed by atoms with Crippen molar-refractivity contribution in [3.8, 4) is 0 Å². The van der Waals surface area contributed by atoms with Crippen molar-refractivity contribution in [1.29, 1.82) is 0 Å². The van der Waals surface area contributed by atoms with Crippen LogP contribution in [0.5, 0.6) is 0 Å². The Hall–Kier alpha value is -0.0800. The summed E-state index contributed by atoms with van der Waals surface area (Å²) in [6.07, 6.45) is 5.75. The molecule has 0 aromatic carbocycles. The smallest absolute Gasteiger partial charge is 0.0110 e. The molecule has 0 amide bonds. The second-order valence-corrected chi connectivity index (χ2v) is 6.66. The highest BCUT2D eigenvalue weighted by molar-refractivity contribution is 4.86. The van der Waals surface area contributed by atoms with Crippen molar-refractivity contribution < 1.29 is 0 Å². The molecular weight excluding hydrogens is 196 g/mol. The van der Waals surface area contributed by atoms with Crippen LogP contribution in [0.4, 0.5) is 0 Å². The molecule has 2 aliphatic rings. The van der Waals surface area contributed by atoms with Crippen LogP contribution in [0.1, 0.15) is 46.5 Å². The number of nitrogens with zero attached hydrogens (tertiary/aromatic N) is 1. The van der Waals surface area contributed by atoms with E-state index in [1.54, 1.807) is 0 Å². The van der Waals surface area contributed by atoms with Gasteiger partial charge in [-0.15, -0.1) is 0 Å². The van der Waals surface area contributed by atoms with E-state index in [0.29, 0.717) is 5.41 Å². The molecule has 2 rings (SSSR count). The summed E-state index contributed by atoms with van der Waals surface area (Å²) in [6.45, 7) is 12.1. The second kappa shape index (κ2) is 5.05. The molecule has 16 heavy (non-hydrogen) atoms. The maximum Gasteiger partial charge on any atom is 0.0110 e. The monoisotopic (exact) mass is 224 g/mol. The molecule has 0 unspecified atom stereocenters. The van der Waals surface area contributed by atoms with Crippen LogP contribution in [0, 0.1) is 11.3 Å². The van der Waals surface area contributed by atoms with Gasteiger partial charge in [0.15, 0.2) is 0 Å². The van der Waals surface area contributed by atoms with E-state index in [1.165, 1.54) is 51.9 Å². The average molecular weight is 224 g/mol. The van der Waals surface area contributed by atoms with E-state index in [2.05, 4.69) is 31.0 Å². The SMILES string of the molecule is CC(C)(C)C1CCC(N2CCNCC2)CC1. The molecular formula is C14H28N2. The van der Waals surface area contributed by atoms with E-state index in [1.807, 2.05) is 0 Å². The maximum absolute atomic E-state index is 3.45. The normalized spacial score (nSPS) is 33.9. The van der Waals surface area contributed by atoms with Crippen LogP contribution in [0.2, 0.25) is 0 Å². The van der Waals surface area contributed by atoms with E-state index in [0.717, 1.165) is 12.0 Å². The average Bonchev–Trinajstić information content (AvgIpc) is 2.29. The van der Waals surface area contributed by atoms with Crippen molar-refractivity contribution >= 4 is 0 Å². The number of hydrogen-bond donors (Lipinski definition) is 1. The lowest BCUT2D eigenvalue weighted by Crippen LogP contribution is -2.49. The van der Waals surface area contributed by atoms with Gasteiger partial charge in [0.05, 0.1) is 0 Å². The molecule has 1 aliphatic carbocycles. The Morgan fingerprint density at radius 2 is 1.50 bits per heavy atom. The van der Waals surface area contributed by atoms with Crippen molar-refractivity contribution in [3.05, 3.63) is 0 Å². The minimum atomic E-state index is 0.522. The van der Waals surface area contributed by atoms with Gasteiger partial charge in [-0.2, -0.15) is 0 Å². The molecule has 1 saturated heterocycles. The van der Waals surface area contributed by atoms with Crippen molar-refractivity contribution in [1.82, 2.24) is 10.2 Å². The van der Waals surface area contributed by atoms with Gasteiger partial charge in [-0.1, -0.05) is 20.8 Å². The number of rotatable bonds is 1. The summed E-state index contributed by atoms with van der Waals surface area (Å²) in [4.78, 5) is 2.72. The van der Waals surface area contributed by atoms with Gasteiger partial charge in [-0.05, 0) is 37.0 Å². The van der Waals surface area contributed by atoms with Crippen LogP contribution in [-0.2, 0) is 0 Å². The number of piperazine rings is 1. The first kappa shape index (κ1) is 12.4. The third-order valence-electron chi connectivity index (χ3n) is 4.59. The van der Waals surface area contributed by atoms with Gasteiger partial charge in [0, 0.05) is 32.2 Å². The summed E-state index contributed by atoms with van der Waals surface area (Å²) < 4.78 is 0. The van der Waals surface area contributed by atoms with Gasteiger partial charge in [-0.3, -0.25) is 4.90 Å². The summed E-state index contributed by atoms with van der Waals surface area (Å²) in [5.41, 5.74) is 0.522. The Kier molecular flexibility index (Phi) is 3.91. The zero-order chi connectivity index (χ0) is 11.6. The fourth-order valence-electron chi connectivity index (χ4n) is 3.35. The first-order valence-corrected chi connectivity index (χ1v) is 7.02. The Morgan fingerprint density at radius 1 is 0.938 bits per heavy atom. The molecule has 1 saturated carbocycles. The molecule has 0 aromatic rings. The highest BCUT2D eigenvalue weighted by Gasteiger charge is 2.32. The van der Waals surface area contributed by atoms with Crippen molar-refractivity contribution in [3.63, 3.8) is 0 Å². The molecule has 1 N–H and O–H groups in total. The van der Waals surface area contributed by atoms with Crippen molar-refractivity contribution in [2.45, 2.75) is 52.5 Å². The van der Waals surface area contributed by atoms with Crippen LogP contribution in [0.3, 0.4) is 0 Å². The van der Waals surface area contributed by atoms with E-state index in [4.69, 9.17) is 0 Å². The van der Waals surface area contributed by atoms with E-state index >= 15 is 0 Å². The Morgan fingerprint density at radius 3 is 2.00 bits per heavy atom. The highest BCUT2D eigenvalue weighted by Crippen LogP contribution is 2.38. The topological polar surface area (TPSA) is 15.3 Å². The molecule has 2 fully saturated rings. The standard InChI is InChI=1S/C14H28N2/c1-14(2,3)12-4-6-13(7-5-12)16-10-8-15-9-11-16/h12-13,15H,4-11H2,1-3H3. The lowest BCUT2D eigenvalue weighted by atomic mass is 9.71. The third kappa shape index (κ3) is 2.98. The van der Waals surface area contributed by atoms with Crippen molar-refractivity contribution in [2.24, 2.45) is 11.3 Å². The van der Waals surface area contributed by atoms with E-state index in [9.17, 15) is 0 Å². The van der Waals surface area contributed by atoms with Gasteiger partial charge >= 0.3 is 0 Å². The predicted molar refractivity (Wildman–Crippen MR) is 69.6 cm³/mol. The molecule has 0 spiro atoms. The fourth-order valence-corrected chi connectivity index (χ4v) is 3.35. The Labute approximate surface area is 101 Å². The van der Waals surface area contributed by atoms with Crippen LogP contribution < -0.4 is 5.32 Å². The molecule has 0 atom stereocenters. The summed E-state index contributed by atoms with van der Waals surface area (Å²) in [6, 6.07) is 0.890. The highest BCUT2D eigenvalue weighted by atomic mass is 15.2. The molecule has 1 aliphatic heterocycles. The lowest BCUT2D eigenvalue weighted by molar-refractivity contribution is 0.0874. The van der Waals surface area contributed by atoms with Crippen LogP contribution in [-0.4, -0.2) is 37.1 Å². The molecule has 0 aromatic heterocycles. The molecule has 94 valence electrons. The van der Waals surface area contributed by atoms with E-state index < -0.39 is 0 Å². The maximum atomic E-state index is 3.45. The Balaban J connectivity index is 1.80. The minimum absolute atomic E-state index is 0.522. The fraction of sp³-hybridized carbons (Fsp3) is 1.00. The van der Waals surface area contributed by atoms with E-state index in [-0.39, 0.29) is 0 Å². The first-order valence-electron chi connectivity index (χ1n) is 7.02. The molecule has 1 heterocycles. The van der Waals surface area contributed by atoms with Gasteiger partial charge in [0.25, 0.3) is 0 Å². The number of nitrogens with one attached hydrogen (secondary N) is 1. The first-order chi connectivity index (χ1) is 7.57. The molecule has 2 heteroatoms. The second-order valence-electron chi connectivity index (χ2n) is 6.66. The zero-order valence-electron chi connectivity index (χ0n) is 11.3. The molecule has 0 radical (unpaired) electrons. The van der Waals surface area contributed by atoms with Gasteiger partial charge in [0.1, 0.15) is 0 Å². The third-order valence-corrected chi connectivity index (χ3v) is 4.59. The van der Waals surface area contributed by atoms with Crippen LogP contribution in [0.15, 0.2) is 0 Å². The van der Waals surface area contributed by atoms with Gasteiger partial charge in [0.2, 0.25) is 0 Å². The predicted octanol–water partition coefficient (Wildman–Crippen LogP) is 2.50. The summed E-state index contributed by atoms with van der Waals surface area (Å²) in [7, 11) is 0. The van der Waals surface area contributed by atoms with Crippen LogP contribution in [0.25, 0.3) is 0 Å². The zero-order valence-corrected chi connectivity index (χ0v) is 11.3. The van der Waals surface area contributed by atoms with Crippen molar-refractivity contribution in [2.75, 3.05) is 26.2 Å². The molecule has 2 nitrogen and oxygen atoms in total. The van der Waals surface area contributed by atoms with Gasteiger partial charge in [-0.25, -0.2) is 0 Å². The summed E-state index contributed by atoms with van der Waals surface area (Å²) in [5.74, 6) is 0.951. The van der Waals surface area contributed by atoms with Crippen LogP contribution >= 0.6 is 0 Å². The largest absolute Gasteiger partial charge is 0.314 e. The summed E-state index contributed by atoms with van der Waals surface area (Å²) >= 11 is 0. The quantitative estimate of drug-likeness (QED) is 0.736.